The van der Waals surface area contributed by atoms with Crippen LogP contribution >= 0.6 is 0 Å². The van der Waals surface area contributed by atoms with Crippen LogP contribution in [-0.2, 0) is 9.59 Å². The summed E-state index contributed by atoms with van der Waals surface area (Å²) in [7, 11) is 0. The molecule has 1 amide bonds. The number of carboxylic acid groups (broad SMARTS) is 1. The smallest absolute Gasteiger partial charge is 0.303 e. The van der Waals surface area contributed by atoms with Crippen LogP contribution in [0.4, 0.5) is 0 Å². The Hall–Kier alpha value is -2.63. The zero-order chi connectivity index (χ0) is 15.1. The highest BCUT2D eigenvalue weighted by atomic mass is 16.4. The number of rotatable bonds is 7. The molecule has 0 aliphatic carbocycles. The third-order valence-electron chi connectivity index (χ3n) is 2.80. The van der Waals surface area contributed by atoms with Crippen molar-refractivity contribution in [1.29, 1.82) is 0 Å². The van der Waals surface area contributed by atoms with Crippen molar-refractivity contribution >= 4 is 29.1 Å². The average Bonchev–Trinajstić information content (AvgIpc) is 2.87. The van der Waals surface area contributed by atoms with Gasteiger partial charge in [0.15, 0.2) is 5.58 Å². The summed E-state index contributed by atoms with van der Waals surface area (Å²) in [6.07, 6.45) is 4.16. The first-order valence-electron chi connectivity index (χ1n) is 6.68. The van der Waals surface area contributed by atoms with Crippen LogP contribution in [0.15, 0.2) is 34.8 Å². The minimum Gasteiger partial charge on any atom is -0.481 e. The minimum atomic E-state index is -0.822. The van der Waals surface area contributed by atoms with E-state index in [0.29, 0.717) is 30.9 Å². The zero-order valence-corrected chi connectivity index (χ0v) is 11.4. The van der Waals surface area contributed by atoms with Gasteiger partial charge in [-0.25, -0.2) is 4.98 Å². The first-order chi connectivity index (χ1) is 10.1. The van der Waals surface area contributed by atoms with E-state index in [0.717, 1.165) is 5.52 Å². The molecule has 0 saturated heterocycles. The summed E-state index contributed by atoms with van der Waals surface area (Å²) in [6, 6.07) is 7.36. The van der Waals surface area contributed by atoms with Crippen LogP contribution in [0.3, 0.4) is 0 Å². The fourth-order valence-electron chi connectivity index (χ4n) is 1.78. The van der Waals surface area contributed by atoms with Crippen molar-refractivity contribution < 1.29 is 19.1 Å². The van der Waals surface area contributed by atoms with Gasteiger partial charge in [-0.3, -0.25) is 9.59 Å². The summed E-state index contributed by atoms with van der Waals surface area (Å²) in [4.78, 5) is 26.1. The number of aromatic nitrogens is 1. The van der Waals surface area contributed by atoms with Crippen molar-refractivity contribution in [1.82, 2.24) is 10.3 Å². The predicted octanol–water partition coefficient (Wildman–Crippen LogP) is 2.21. The van der Waals surface area contributed by atoms with Crippen LogP contribution in [0.1, 0.15) is 25.2 Å². The second-order valence-corrected chi connectivity index (χ2v) is 4.50. The van der Waals surface area contributed by atoms with Crippen molar-refractivity contribution in [3.63, 3.8) is 0 Å². The molecule has 6 nitrogen and oxygen atoms in total. The molecule has 0 bridgehead atoms. The third-order valence-corrected chi connectivity index (χ3v) is 2.80. The number of carboxylic acids is 1. The van der Waals surface area contributed by atoms with Gasteiger partial charge in [0.05, 0.1) is 0 Å². The second-order valence-electron chi connectivity index (χ2n) is 4.50. The number of benzene rings is 1. The van der Waals surface area contributed by atoms with E-state index in [9.17, 15) is 9.59 Å². The average molecular weight is 288 g/mol. The number of nitrogens with zero attached hydrogens (tertiary/aromatic N) is 1. The van der Waals surface area contributed by atoms with Gasteiger partial charge in [0, 0.05) is 25.1 Å². The Labute approximate surface area is 121 Å². The molecule has 2 rings (SSSR count). The Morgan fingerprint density at radius 2 is 2.10 bits per heavy atom. The van der Waals surface area contributed by atoms with E-state index >= 15 is 0 Å². The molecular weight excluding hydrogens is 272 g/mol. The molecule has 0 unspecified atom stereocenters. The lowest BCUT2D eigenvalue weighted by Gasteiger charge is -2.00. The molecule has 2 aromatic rings. The fraction of sp³-hybridized carbons (Fsp3) is 0.267. The number of carbonyl (C=O) groups excluding carboxylic acids is 1. The number of carbonyl (C=O) groups is 2. The second kappa shape index (κ2) is 7.23. The predicted molar refractivity (Wildman–Crippen MR) is 77.5 cm³/mol. The first-order valence-corrected chi connectivity index (χ1v) is 6.68. The number of hydrogen-bond acceptors (Lipinski definition) is 4. The number of amides is 1. The van der Waals surface area contributed by atoms with Gasteiger partial charge in [0.25, 0.3) is 0 Å². The molecule has 1 aromatic heterocycles. The van der Waals surface area contributed by atoms with Crippen molar-refractivity contribution in [2.75, 3.05) is 6.54 Å². The van der Waals surface area contributed by atoms with E-state index < -0.39 is 5.97 Å². The lowest BCUT2D eigenvalue weighted by Crippen LogP contribution is -2.22. The van der Waals surface area contributed by atoms with Gasteiger partial charge in [-0.05, 0) is 25.0 Å². The highest BCUT2D eigenvalue weighted by molar-refractivity contribution is 5.91. The lowest BCUT2D eigenvalue weighted by atomic mass is 10.2. The summed E-state index contributed by atoms with van der Waals surface area (Å²) in [6.45, 7) is 0.448. The standard InChI is InChI=1S/C15H16N2O4/c18-13(16-10-4-3-7-15(19)20)8-9-14-17-11-5-1-2-6-12(11)21-14/h1-2,5-6,8-9H,3-4,7,10H2,(H,16,18)(H,19,20). The van der Waals surface area contributed by atoms with Gasteiger partial charge in [-0.1, -0.05) is 12.1 Å². The van der Waals surface area contributed by atoms with Crippen LogP contribution in [0.25, 0.3) is 17.2 Å². The molecule has 0 aliphatic rings. The molecule has 0 radical (unpaired) electrons. The Kier molecular flexibility index (Phi) is 5.09. The van der Waals surface area contributed by atoms with Crippen molar-refractivity contribution in [3.05, 3.63) is 36.2 Å². The summed E-state index contributed by atoms with van der Waals surface area (Å²) in [5, 5.41) is 11.1. The Balaban J connectivity index is 1.78. The van der Waals surface area contributed by atoms with Crippen molar-refractivity contribution in [2.24, 2.45) is 0 Å². The normalized spacial score (nSPS) is 11.0. The van der Waals surface area contributed by atoms with E-state index in [1.165, 1.54) is 12.2 Å². The van der Waals surface area contributed by atoms with Gasteiger partial charge in [0.1, 0.15) is 5.52 Å². The Morgan fingerprint density at radius 1 is 1.29 bits per heavy atom. The molecule has 0 aliphatic heterocycles. The van der Waals surface area contributed by atoms with E-state index in [4.69, 9.17) is 9.52 Å². The van der Waals surface area contributed by atoms with Gasteiger partial charge in [-0.2, -0.15) is 0 Å². The zero-order valence-electron chi connectivity index (χ0n) is 11.4. The maximum absolute atomic E-state index is 11.5. The molecule has 21 heavy (non-hydrogen) atoms. The van der Waals surface area contributed by atoms with Gasteiger partial charge < -0.3 is 14.8 Å². The number of nitrogens with one attached hydrogen (secondary N) is 1. The lowest BCUT2D eigenvalue weighted by molar-refractivity contribution is -0.137. The summed E-state index contributed by atoms with van der Waals surface area (Å²) < 4.78 is 5.44. The summed E-state index contributed by atoms with van der Waals surface area (Å²) in [5.74, 6) is -0.706. The Morgan fingerprint density at radius 3 is 2.86 bits per heavy atom. The highest BCUT2D eigenvalue weighted by Crippen LogP contribution is 2.15. The Bertz CT molecular complexity index is 627. The number of hydrogen-bond donors (Lipinski definition) is 2. The van der Waals surface area contributed by atoms with E-state index in [2.05, 4.69) is 10.3 Å². The number of unbranched alkanes of at least 4 members (excludes halogenated alkanes) is 1. The van der Waals surface area contributed by atoms with E-state index in [1.807, 2.05) is 24.3 Å². The van der Waals surface area contributed by atoms with E-state index in [-0.39, 0.29) is 12.3 Å². The van der Waals surface area contributed by atoms with Crippen LogP contribution in [-0.4, -0.2) is 28.5 Å². The summed E-state index contributed by atoms with van der Waals surface area (Å²) >= 11 is 0. The van der Waals surface area contributed by atoms with Gasteiger partial charge >= 0.3 is 5.97 Å². The third kappa shape index (κ3) is 4.76. The highest BCUT2D eigenvalue weighted by Gasteiger charge is 2.02. The molecule has 1 heterocycles. The van der Waals surface area contributed by atoms with Crippen LogP contribution in [0, 0.1) is 0 Å². The molecule has 110 valence electrons. The van der Waals surface area contributed by atoms with Gasteiger partial charge in [-0.15, -0.1) is 0 Å². The quantitative estimate of drug-likeness (QED) is 0.602. The largest absolute Gasteiger partial charge is 0.481 e. The molecular formula is C15H16N2O4. The maximum Gasteiger partial charge on any atom is 0.303 e. The topological polar surface area (TPSA) is 92.4 Å². The molecule has 1 aromatic carbocycles. The van der Waals surface area contributed by atoms with Crippen molar-refractivity contribution in [3.8, 4) is 0 Å². The SMILES string of the molecule is O=C(O)CCCCNC(=O)C=Cc1nc2ccccc2o1. The molecule has 6 heteroatoms. The monoisotopic (exact) mass is 288 g/mol. The van der Waals surface area contributed by atoms with Crippen LogP contribution < -0.4 is 5.32 Å². The molecule has 0 fully saturated rings. The molecule has 0 atom stereocenters. The number of oxazole rings is 1. The first kappa shape index (κ1) is 14.8. The van der Waals surface area contributed by atoms with E-state index in [1.54, 1.807) is 0 Å². The fourth-order valence-corrected chi connectivity index (χ4v) is 1.78. The number of fused-ring (bicyclic) bond motifs is 1. The molecule has 0 saturated carbocycles. The van der Waals surface area contributed by atoms with Crippen LogP contribution in [0.5, 0.6) is 0 Å². The molecule has 2 N–H and O–H groups in total. The number of aliphatic carboxylic acids is 1. The van der Waals surface area contributed by atoms with Crippen molar-refractivity contribution in [2.45, 2.75) is 19.3 Å². The minimum absolute atomic E-state index is 0.120. The maximum atomic E-state index is 11.5. The summed E-state index contributed by atoms with van der Waals surface area (Å²) in [5.41, 5.74) is 1.41. The number of para-hydroxylation sites is 2. The van der Waals surface area contributed by atoms with Crippen LogP contribution in [0.2, 0.25) is 0 Å². The van der Waals surface area contributed by atoms with Gasteiger partial charge in [0.2, 0.25) is 11.8 Å². The molecule has 0 spiro atoms.